The van der Waals surface area contributed by atoms with Gasteiger partial charge in [0.15, 0.2) is 0 Å². The maximum atomic E-state index is 12.1. The summed E-state index contributed by atoms with van der Waals surface area (Å²) < 4.78 is 0. The van der Waals surface area contributed by atoms with Crippen LogP contribution in [0.4, 0.5) is 5.95 Å². The van der Waals surface area contributed by atoms with E-state index in [0.717, 1.165) is 61.1 Å². The molecule has 0 aromatic carbocycles. The molecule has 3 aromatic heterocycles. The first-order chi connectivity index (χ1) is 13.6. The zero-order valence-electron chi connectivity index (χ0n) is 16.1. The zero-order chi connectivity index (χ0) is 19.5. The van der Waals surface area contributed by atoms with Crippen molar-refractivity contribution in [3.63, 3.8) is 0 Å². The number of hydrogen-bond donors (Lipinski definition) is 1. The Morgan fingerprint density at radius 3 is 2.64 bits per heavy atom. The molecule has 7 nitrogen and oxygen atoms in total. The largest absolute Gasteiger partial charge is 0.347 e. The molecule has 1 fully saturated rings. The fraction of sp³-hybridized carbons (Fsp3) is 0.400. The van der Waals surface area contributed by atoms with Crippen LogP contribution < -0.4 is 10.5 Å². The number of thiophene rings is 1. The van der Waals surface area contributed by atoms with Crippen molar-refractivity contribution >= 4 is 17.3 Å². The molecule has 0 saturated carbocycles. The van der Waals surface area contributed by atoms with E-state index in [2.05, 4.69) is 19.9 Å². The summed E-state index contributed by atoms with van der Waals surface area (Å²) in [6.07, 6.45) is 5.76. The Balaban J connectivity index is 1.39. The van der Waals surface area contributed by atoms with Gasteiger partial charge in [0, 0.05) is 61.5 Å². The zero-order valence-corrected chi connectivity index (χ0v) is 16.9. The van der Waals surface area contributed by atoms with Crippen LogP contribution >= 0.6 is 11.3 Å². The highest BCUT2D eigenvalue weighted by Crippen LogP contribution is 2.27. The summed E-state index contributed by atoms with van der Waals surface area (Å²) in [6, 6.07) is 3.58. The summed E-state index contributed by atoms with van der Waals surface area (Å²) >= 11 is 1.61. The van der Waals surface area contributed by atoms with Gasteiger partial charge < -0.3 is 9.88 Å². The van der Waals surface area contributed by atoms with Gasteiger partial charge in [-0.3, -0.25) is 9.69 Å². The van der Waals surface area contributed by atoms with Gasteiger partial charge in [-0.15, -0.1) is 0 Å². The molecule has 3 aromatic rings. The van der Waals surface area contributed by atoms with Gasteiger partial charge in [-0.2, -0.15) is 11.3 Å². The van der Waals surface area contributed by atoms with E-state index >= 15 is 0 Å². The van der Waals surface area contributed by atoms with Crippen molar-refractivity contribution in [2.75, 3.05) is 32.1 Å². The van der Waals surface area contributed by atoms with Crippen molar-refractivity contribution in [1.82, 2.24) is 24.8 Å². The molecule has 0 unspecified atom stereocenters. The molecule has 28 heavy (non-hydrogen) atoms. The standard InChI is InChI=1S/C20H24N6OS/c1-25(2)20-21-10-14(11-22-20)12-26-6-3-15(4-7-26)19-23-17(9-18(27)24-19)16-5-8-28-13-16/h5,8-11,13,15H,3-4,6-7,12H2,1-2H3,(H,23,24,27). The first-order valence-electron chi connectivity index (χ1n) is 9.43. The summed E-state index contributed by atoms with van der Waals surface area (Å²) in [4.78, 5) is 32.9. The number of aromatic amines is 1. The van der Waals surface area contributed by atoms with Crippen LogP contribution in [-0.4, -0.2) is 52.0 Å². The van der Waals surface area contributed by atoms with E-state index in [4.69, 9.17) is 4.98 Å². The van der Waals surface area contributed by atoms with Crippen LogP contribution in [0.15, 0.2) is 40.1 Å². The van der Waals surface area contributed by atoms with Gasteiger partial charge in [-0.05, 0) is 37.4 Å². The van der Waals surface area contributed by atoms with Gasteiger partial charge >= 0.3 is 0 Å². The number of aromatic nitrogens is 4. The van der Waals surface area contributed by atoms with Crippen LogP contribution in [0, 0.1) is 0 Å². The Kier molecular flexibility index (Phi) is 5.50. The summed E-state index contributed by atoms with van der Waals surface area (Å²) in [5, 5.41) is 4.03. The van der Waals surface area contributed by atoms with Crippen LogP contribution in [0.1, 0.15) is 30.1 Å². The summed E-state index contributed by atoms with van der Waals surface area (Å²) in [5.74, 6) is 1.82. The Morgan fingerprint density at radius 2 is 2.00 bits per heavy atom. The van der Waals surface area contributed by atoms with E-state index in [9.17, 15) is 4.79 Å². The number of nitrogens with one attached hydrogen (secondary N) is 1. The highest BCUT2D eigenvalue weighted by Gasteiger charge is 2.23. The van der Waals surface area contributed by atoms with Crippen molar-refractivity contribution < 1.29 is 0 Å². The number of likely N-dealkylation sites (tertiary alicyclic amines) is 1. The highest BCUT2D eigenvalue weighted by atomic mass is 32.1. The van der Waals surface area contributed by atoms with Crippen LogP contribution in [0.5, 0.6) is 0 Å². The van der Waals surface area contributed by atoms with Gasteiger partial charge in [0.05, 0.1) is 5.69 Å². The first kappa shape index (κ1) is 18.8. The highest BCUT2D eigenvalue weighted by molar-refractivity contribution is 7.08. The lowest BCUT2D eigenvalue weighted by Gasteiger charge is -2.31. The lowest BCUT2D eigenvalue weighted by molar-refractivity contribution is 0.201. The second kappa shape index (κ2) is 8.20. The molecule has 4 heterocycles. The monoisotopic (exact) mass is 396 g/mol. The molecule has 0 bridgehead atoms. The number of H-pyrrole nitrogens is 1. The molecule has 4 rings (SSSR count). The van der Waals surface area contributed by atoms with Crippen LogP contribution in [-0.2, 0) is 6.54 Å². The number of rotatable bonds is 5. The van der Waals surface area contributed by atoms with E-state index < -0.39 is 0 Å². The van der Waals surface area contributed by atoms with Gasteiger partial charge in [-0.25, -0.2) is 15.0 Å². The second-order valence-corrected chi connectivity index (χ2v) is 8.14. The second-order valence-electron chi connectivity index (χ2n) is 7.36. The van der Waals surface area contributed by atoms with E-state index in [1.54, 1.807) is 17.4 Å². The molecule has 0 amide bonds. The molecule has 1 saturated heterocycles. The quantitative estimate of drug-likeness (QED) is 0.714. The Hall–Kier alpha value is -2.58. The SMILES string of the molecule is CN(C)c1ncc(CN2CCC(c3nc(-c4ccsc4)cc(=O)[nH]3)CC2)cn1. The van der Waals surface area contributed by atoms with Crippen molar-refractivity contribution in [1.29, 1.82) is 0 Å². The Labute approximate surface area is 168 Å². The number of nitrogens with zero attached hydrogens (tertiary/aromatic N) is 5. The normalized spacial score (nSPS) is 15.6. The molecule has 0 aliphatic carbocycles. The van der Waals surface area contributed by atoms with Gasteiger partial charge in [-0.1, -0.05) is 0 Å². The van der Waals surface area contributed by atoms with Gasteiger partial charge in [0.1, 0.15) is 5.82 Å². The topological polar surface area (TPSA) is 78.0 Å². The average molecular weight is 397 g/mol. The molecular formula is C20H24N6OS. The predicted octanol–water partition coefficient (Wildman–Crippen LogP) is 2.73. The Bertz CT molecular complexity index is 959. The van der Waals surface area contributed by atoms with Gasteiger partial charge in [0.2, 0.25) is 5.95 Å². The molecule has 0 spiro atoms. The molecule has 8 heteroatoms. The van der Waals surface area contributed by atoms with Crippen LogP contribution in [0.2, 0.25) is 0 Å². The minimum atomic E-state index is -0.0771. The summed E-state index contributed by atoms with van der Waals surface area (Å²) in [5.41, 5.74) is 2.82. The van der Waals surface area contributed by atoms with Crippen LogP contribution in [0.3, 0.4) is 0 Å². The molecule has 146 valence electrons. The van der Waals surface area contributed by atoms with Crippen molar-refractivity contribution in [3.05, 3.63) is 57.0 Å². The Morgan fingerprint density at radius 1 is 1.25 bits per heavy atom. The fourth-order valence-corrected chi connectivity index (χ4v) is 4.16. The minimum Gasteiger partial charge on any atom is -0.347 e. The van der Waals surface area contributed by atoms with E-state index in [0.29, 0.717) is 0 Å². The maximum Gasteiger partial charge on any atom is 0.251 e. The van der Waals surface area contributed by atoms with Crippen molar-refractivity contribution in [2.45, 2.75) is 25.3 Å². The van der Waals surface area contributed by atoms with E-state index in [1.807, 2.05) is 48.2 Å². The summed E-state index contributed by atoms with van der Waals surface area (Å²) in [6.45, 7) is 2.78. The third-order valence-electron chi connectivity index (χ3n) is 5.05. The molecule has 0 atom stereocenters. The predicted molar refractivity (Wildman–Crippen MR) is 112 cm³/mol. The van der Waals surface area contributed by atoms with E-state index in [-0.39, 0.29) is 11.5 Å². The fourth-order valence-electron chi connectivity index (χ4n) is 3.51. The van der Waals surface area contributed by atoms with Gasteiger partial charge in [0.25, 0.3) is 5.56 Å². The molecule has 1 N–H and O–H groups in total. The number of anilines is 1. The molecule has 1 aliphatic rings. The molecular weight excluding hydrogens is 372 g/mol. The first-order valence-corrected chi connectivity index (χ1v) is 10.4. The lowest BCUT2D eigenvalue weighted by Crippen LogP contribution is -2.33. The maximum absolute atomic E-state index is 12.1. The van der Waals surface area contributed by atoms with E-state index in [1.165, 1.54) is 0 Å². The third kappa shape index (κ3) is 4.28. The minimum absolute atomic E-state index is 0.0771. The van der Waals surface area contributed by atoms with Crippen molar-refractivity contribution in [2.24, 2.45) is 0 Å². The molecule has 1 aliphatic heterocycles. The van der Waals surface area contributed by atoms with Crippen LogP contribution in [0.25, 0.3) is 11.3 Å². The lowest BCUT2D eigenvalue weighted by atomic mass is 9.95. The number of hydrogen-bond acceptors (Lipinski definition) is 7. The third-order valence-corrected chi connectivity index (χ3v) is 5.73. The number of piperidine rings is 1. The van der Waals surface area contributed by atoms with Crippen molar-refractivity contribution in [3.8, 4) is 11.3 Å². The molecule has 0 radical (unpaired) electrons. The summed E-state index contributed by atoms with van der Waals surface area (Å²) in [7, 11) is 3.87. The average Bonchev–Trinajstić information content (AvgIpc) is 3.23. The smallest absolute Gasteiger partial charge is 0.251 e.